The molecule has 0 atom stereocenters. The molecule has 0 radical (unpaired) electrons. The molecule has 1 aromatic heterocycles. The lowest BCUT2D eigenvalue weighted by Crippen LogP contribution is -2.25. The van der Waals surface area contributed by atoms with E-state index in [4.69, 9.17) is 0 Å². The van der Waals surface area contributed by atoms with E-state index >= 15 is 0 Å². The van der Waals surface area contributed by atoms with Crippen molar-refractivity contribution in [2.45, 2.75) is 20.3 Å². The van der Waals surface area contributed by atoms with Gasteiger partial charge in [0.15, 0.2) is 0 Å². The van der Waals surface area contributed by atoms with Crippen LogP contribution in [-0.2, 0) is 0 Å². The first kappa shape index (κ1) is 15.2. The summed E-state index contributed by atoms with van der Waals surface area (Å²) in [5.74, 6) is 0.708. The fraction of sp³-hybridized carbons (Fsp3) is 0.467. The number of anilines is 1. The second-order valence-corrected chi connectivity index (χ2v) is 5.62. The first-order chi connectivity index (χ1) is 9.72. The van der Waals surface area contributed by atoms with Gasteiger partial charge in [-0.05, 0) is 44.3 Å². The number of nitrogens with zero attached hydrogens (tertiary/aromatic N) is 3. The van der Waals surface area contributed by atoms with Crippen LogP contribution >= 0.6 is 15.9 Å². The first-order valence-electron chi connectivity index (χ1n) is 7.11. The molecular weight excluding hydrogens is 316 g/mol. The molecule has 2 rings (SSSR count). The molecule has 0 saturated carbocycles. The van der Waals surface area contributed by atoms with Crippen molar-refractivity contribution in [3.63, 3.8) is 0 Å². The largest absolute Gasteiger partial charge is 0.354 e. The lowest BCUT2D eigenvalue weighted by Gasteiger charge is -2.17. The standard InChI is InChI=1S/C15H21BrN4/c1-3-20(4-2)9-5-8-17-15-18-11-12-10-13(16)6-7-14(12)19-15/h6-7,10-11H,3-5,8-9H2,1-2H3,(H,17,18,19). The van der Waals surface area contributed by atoms with E-state index in [-0.39, 0.29) is 0 Å². The van der Waals surface area contributed by atoms with E-state index in [1.54, 1.807) is 0 Å². The average Bonchev–Trinajstić information content (AvgIpc) is 2.47. The molecule has 0 aliphatic carbocycles. The van der Waals surface area contributed by atoms with Gasteiger partial charge in [-0.2, -0.15) is 0 Å². The zero-order valence-corrected chi connectivity index (χ0v) is 13.7. The van der Waals surface area contributed by atoms with Crippen molar-refractivity contribution in [3.8, 4) is 0 Å². The fourth-order valence-electron chi connectivity index (χ4n) is 2.13. The van der Waals surface area contributed by atoms with E-state index < -0.39 is 0 Å². The van der Waals surface area contributed by atoms with Crippen LogP contribution in [0.15, 0.2) is 28.9 Å². The Morgan fingerprint density at radius 1 is 1.25 bits per heavy atom. The maximum absolute atomic E-state index is 4.52. The highest BCUT2D eigenvalue weighted by Crippen LogP contribution is 2.18. The minimum atomic E-state index is 0.708. The Balaban J connectivity index is 1.89. The molecule has 1 heterocycles. The third-order valence-electron chi connectivity index (χ3n) is 3.37. The smallest absolute Gasteiger partial charge is 0.223 e. The van der Waals surface area contributed by atoms with Gasteiger partial charge in [0.05, 0.1) is 5.52 Å². The topological polar surface area (TPSA) is 41.0 Å². The van der Waals surface area contributed by atoms with Crippen LogP contribution in [0.1, 0.15) is 20.3 Å². The number of halogens is 1. The Morgan fingerprint density at radius 2 is 2.05 bits per heavy atom. The summed E-state index contributed by atoms with van der Waals surface area (Å²) in [7, 11) is 0. The second-order valence-electron chi connectivity index (χ2n) is 4.70. The zero-order chi connectivity index (χ0) is 14.4. The van der Waals surface area contributed by atoms with Crippen LogP contribution in [-0.4, -0.2) is 41.0 Å². The van der Waals surface area contributed by atoms with E-state index in [1.165, 1.54) is 0 Å². The van der Waals surface area contributed by atoms with Gasteiger partial charge in [0, 0.05) is 22.6 Å². The average molecular weight is 337 g/mol. The Labute approximate surface area is 128 Å². The lowest BCUT2D eigenvalue weighted by atomic mass is 10.2. The van der Waals surface area contributed by atoms with E-state index in [0.29, 0.717) is 5.95 Å². The van der Waals surface area contributed by atoms with Gasteiger partial charge >= 0.3 is 0 Å². The number of fused-ring (bicyclic) bond motifs is 1. The molecule has 2 aromatic rings. The molecule has 4 nitrogen and oxygen atoms in total. The summed E-state index contributed by atoms with van der Waals surface area (Å²) in [6.45, 7) is 8.62. The number of hydrogen-bond donors (Lipinski definition) is 1. The molecule has 108 valence electrons. The van der Waals surface area contributed by atoms with Crippen molar-refractivity contribution in [3.05, 3.63) is 28.9 Å². The van der Waals surface area contributed by atoms with Crippen molar-refractivity contribution < 1.29 is 0 Å². The summed E-state index contributed by atoms with van der Waals surface area (Å²) in [4.78, 5) is 11.3. The predicted molar refractivity (Wildman–Crippen MR) is 88.1 cm³/mol. The molecule has 0 saturated heterocycles. The molecular formula is C15H21BrN4. The van der Waals surface area contributed by atoms with E-state index in [2.05, 4.69) is 50.0 Å². The van der Waals surface area contributed by atoms with Crippen molar-refractivity contribution in [2.75, 3.05) is 31.5 Å². The minimum absolute atomic E-state index is 0.708. The summed E-state index contributed by atoms with van der Waals surface area (Å²) in [5.41, 5.74) is 0.967. The molecule has 0 unspecified atom stereocenters. The highest BCUT2D eigenvalue weighted by molar-refractivity contribution is 9.10. The monoisotopic (exact) mass is 336 g/mol. The van der Waals surface area contributed by atoms with E-state index in [1.807, 2.05) is 24.4 Å². The minimum Gasteiger partial charge on any atom is -0.354 e. The molecule has 0 fully saturated rings. The quantitative estimate of drug-likeness (QED) is 0.785. The predicted octanol–water partition coefficient (Wildman–Crippen LogP) is 3.54. The first-order valence-corrected chi connectivity index (χ1v) is 7.90. The van der Waals surface area contributed by atoms with Gasteiger partial charge in [-0.15, -0.1) is 0 Å². The van der Waals surface area contributed by atoms with Crippen LogP contribution in [0.4, 0.5) is 5.95 Å². The normalized spacial score (nSPS) is 11.2. The van der Waals surface area contributed by atoms with Crippen LogP contribution in [0.2, 0.25) is 0 Å². The maximum atomic E-state index is 4.52. The fourth-order valence-corrected chi connectivity index (χ4v) is 2.51. The Kier molecular flexibility index (Phi) is 5.73. The summed E-state index contributed by atoms with van der Waals surface area (Å²) >= 11 is 3.45. The highest BCUT2D eigenvalue weighted by Gasteiger charge is 2.01. The summed E-state index contributed by atoms with van der Waals surface area (Å²) < 4.78 is 1.05. The van der Waals surface area contributed by atoms with E-state index in [0.717, 1.165) is 48.0 Å². The van der Waals surface area contributed by atoms with Gasteiger partial charge in [0.1, 0.15) is 0 Å². The van der Waals surface area contributed by atoms with Gasteiger partial charge in [0.25, 0.3) is 0 Å². The summed E-state index contributed by atoms with van der Waals surface area (Å²) in [5, 5.41) is 4.34. The van der Waals surface area contributed by atoms with Crippen LogP contribution in [0, 0.1) is 0 Å². The molecule has 1 N–H and O–H groups in total. The second kappa shape index (κ2) is 7.55. The Morgan fingerprint density at radius 3 is 2.80 bits per heavy atom. The third-order valence-corrected chi connectivity index (χ3v) is 3.86. The summed E-state index contributed by atoms with van der Waals surface area (Å²) in [6, 6.07) is 6.03. The van der Waals surface area contributed by atoms with Gasteiger partial charge in [-0.3, -0.25) is 0 Å². The Bertz CT molecular complexity index is 555. The lowest BCUT2D eigenvalue weighted by molar-refractivity contribution is 0.303. The van der Waals surface area contributed by atoms with Gasteiger partial charge in [0.2, 0.25) is 5.95 Å². The molecule has 0 bridgehead atoms. The molecule has 1 aromatic carbocycles. The van der Waals surface area contributed by atoms with Crippen LogP contribution in [0.5, 0.6) is 0 Å². The SMILES string of the molecule is CCN(CC)CCCNc1ncc2cc(Br)ccc2n1. The van der Waals surface area contributed by atoms with Crippen molar-refractivity contribution >= 4 is 32.8 Å². The third kappa shape index (κ3) is 4.15. The number of benzene rings is 1. The maximum Gasteiger partial charge on any atom is 0.223 e. The van der Waals surface area contributed by atoms with Gasteiger partial charge < -0.3 is 10.2 Å². The van der Waals surface area contributed by atoms with Crippen LogP contribution in [0.25, 0.3) is 10.9 Å². The number of hydrogen-bond acceptors (Lipinski definition) is 4. The van der Waals surface area contributed by atoms with Crippen LogP contribution in [0.3, 0.4) is 0 Å². The molecule has 0 aliphatic rings. The van der Waals surface area contributed by atoms with Crippen molar-refractivity contribution in [2.24, 2.45) is 0 Å². The molecule has 5 heteroatoms. The molecule has 0 amide bonds. The highest BCUT2D eigenvalue weighted by atomic mass is 79.9. The number of aromatic nitrogens is 2. The molecule has 0 aliphatic heterocycles. The summed E-state index contributed by atoms with van der Waals surface area (Å²) in [6.07, 6.45) is 2.96. The Hall–Kier alpha value is -1.20. The number of nitrogens with one attached hydrogen (secondary N) is 1. The molecule has 0 spiro atoms. The zero-order valence-electron chi connectivity index (χ0n) is 12.1. The van der Waals surface area contributed by atoms with E-state index in [9.17, 15) is 0 Å². The van der Waals surface area contributed by atoms with Crippen LogP contribution < -0.4 is 5.32 Å². The van der Waals surface area contributed by atoms with Crippen molar-refractivity contribution in [1.82, 2.24) is 14.9 Å². The van der Waals surface area contributed by atoms with Gasteiger partial charge in [-0.25, -0.2) is 9.97 Å². The van der Waals surface area contributed by atoms with Crippen molar-refractivity contribution in [1.29, 1.82) is 0 Å². The van der Waals surface area contributed by atoms with Gasteiger partial charge in [-0.1, -0.05) is 29.8 Å². The number of rotatable bonds is 7. The molecule has 20 heavy (non-hydrogen) atoms.